The molecule has 0 bridgehead atoms. The molecule has 0 aromatic rings. The maximum absolute atomic E-state index is 9.86. The molecule has 1 heterocycles. The Balaban J connectivity index is 2.35. The molecule has 1 aliphatic rings. The third kappa shape index (κ3) is 4.41. The van der Waals surface area contributed by atoms with Crippen LogP contribution in [-0.4, -0.2) is 36.7 Å². The minimum atomic E-state index is 0.474. The van der Waals surface area contributed by atoms with Crippen LogP contribution in [0.3, 0.4) is 0 Å². The van der Waals surface area contributed by atoms with Gasteiger partial charge in [-0.2, -0.15) is 0 Å². The van der Waals surface area contributed by atoms with Gasteiger partial charge in [0, 0.05) is 12.6 Å². The Hall–Kier alpha value is -0.920. The number of isocyanates is 1. The van der Waals surface area contributed by atoms with Crippen molar-refractivity contribution in [3.8, 4) is 0 Å². The van der Waals surface area contributed by atoms with Gasteiger partial charge in [-0.1, -0.05) is 12.2 Å². The maximum Gasteiger partial charge on any atom is 0.235 e. The summed E-state index contributed by atoms with van der Waals surface area (Å²) in [4.78, 5) is 15.9. The van der Waals surface area contributed by atoms with Gasteiger partial charge in [-0.15, -0.1) is 0 Å². The number of hydrogen-bond acceptors (Lipinski definition) is 3. The molecular weight excluding hydrogens is 188 g/mol. The second-order valence-electron chi connectivity index (χ2n) is 4.35. The summed E-state index contributed by atoms with van der Waals surface area (Å²) in [5.74, 6) is 0.628. The van der Waals surface area contributed by atoms with E-state index < -0.39 is 0 Å². The van der Waals surface area contributed by atoms with Gasteiger partial charge in [0.15, 0.2) is 0 Å². The lowest BCUT2D eigenvalue weighted by Gasteiger charge is -2.34. The highest BCUT2D eigenvalue weighted by Gasteiger charge is 2.19. The summed E-state index contributed by atoms with van der Waals surface area (Å²) < 4.78 is 0. The van der Waals surface area contributed by atoms with Crippen molar-refractivity contribution >= 4 is 6.08 Å². The fourth-order valence-corrected chi connectivity index (χ4v) is 2.01. The average Bonchev–Trinajstić information content (AvgIpc) is 2.25. The van der Waals surface area contributed by atoms with Crippen LogP contribution in [0, 0.1) is 5.92 Å². The third-order valence-corrected chi connectivity index (χ3v) is 2.89. The van der Waals surface area contributed by atoms with Gasteiger partial charge in [-0.3, -0.25) is 0 Å². The Morgan fingerprint density at radius 3 is 3.07 bits per heavy atom. The van der Waals surface area contributed by atoms with Crippen LogP contribution in [0.25, 0.3) is 0 Å². The summed E-state index contributed by atoms with van der Waals surface area (Å²) >= 11 is 0. The summed E-state index contributed by atoms with van der Waals surface area (Å²) in [7, 11) is 0. The standard InChI is InChI=1S/C12H20N2O/c1-11(2)14-8-4-6-12(9-14)5-3-7-13-10-15/h3,5,11-12H,4,6-9H2,1-2H3/b5-3-. The van der Waals surface area contributed by atoms with E-state index in [-0.39, 0.29) is 0 Å². The molecule has 1 atom stereocenters. The Bertz CT molecular complexity index is 254. The molecule has 0 radical (unpaired) electrons. The molecular formula is C12H20N2O. The van der Waals surface area contributed by atoms with Crippen LogP contribution in [0.15, 0.2) is 17.1 Å². The van der Waals surface area contributed by atoms with Crippen LogP contribution in [0.5, 0.6) is 0 Å². The van der Waals surface area contributed by atoms with E-state index in [9.17, 15) is 4.79 Å². The molecule has 1 saturated heterocycles. The normalized spacial score (nSPS) is 23.3. The van der Waals surface area contributed by atoms with Crippen molar-refractivity contribution in [3.63, 3.8) is 0 Å². The van der Waals surface area contributed by atoms with Gasteiger partial charge < -0.3 is 4.90 Å². The Labute approximate surface area is 91.9 Å². The highest BCUT2D eigenvalue weighted by Crippen LogP contribution is 2.19. The van der Waals surface area contributed by atoms with Crippen LogP contribution in [0.2, 0.25) is 0 Å². The van der Waals surface area contributed by atoms with Gasteiger partial charge in [-0.05, 0) is 39.2 Å². The summed E-state index contributed by atoms with van der Waals surface area (Å²) in [6, 6.07) is 0.634. The zero-order valence-electron chi connectivity index (χ0n) is 9.65. The molecule has 0 aromatic carbocycles. The number of aliphatic imine (C=N–C) groups is 1. The summed E-state index contributed by atoms with van der Waals surface area (Å²) in [5, 5.41) is 0. The van der Waals surface area contributed by atoms with Gasteiger partial charge in [0.1, 0.15) is 0 Å². The van der Waals surface area contributed by atoms with Gasteiger partial charge in [-0.25, -0.2) is 9.79 Å². The summed E-state index contributed by atoms with van der Waals surface area (Å²) in [6.07, 6.45) is 8.23. The first-order valence-electron chi connectivity index (χ1n) is 5.68. The topological polar surface area (TPSA) is 32.7 Å². The van der Waals surface area contributed by atoms with E-state index in [2.05, 4.69) is 29.8 Å². The van der Waals surface area contributed by atoms with Gasteiger partial charge in [0.25, 0.3) is 0 Å². The monoisotopic (exact) mass is 208 g/mol. The van der Waals surface area contributed by atoms with E-state index in [1.807, 2.05) is 6.08 Å². The van der Waals surface area contributed by atoms with Crippen molar-refractivity contribution < 1.29 is 4.79 Å². The van der Waals surface area contributed by atoms with E-state index in [1.165, 1.54) is 19.4 Å². The maximum atomic E-state index is 9.86. The minimum Gasteiger partial charge on any atom is -0.300 e. The second-order valence-corrected chi connectivity index (χ2v) is 4.35. The number of carbonyl (C=O) groups excluding carboxylic acids is 1. The van der Waals surface area contributed by atoms with E-state index >= 15 is 0 Å². The third-order valence-electron chi connectivity index (χ3n) is 2.89. The quantitative estimate of drug-likeness (QED) is 0.402. The molecule has 1 rings (SSSR count). The van der Waals surface area contributed by atoms with Crippen molar-refractivity contribution in [1.29, 1.82) is 0 Å². The lowest BCUT2D eigenvalue weighted by Crippen LogP contribution is -2.39. The fourth-order valence-electron chi connectivity index (χ4n) is 2.01. The second kappa shape index (κ2) is 6.54. The van der Waals surface area contributed by atoms with Crippen molar-refractivity contribution in [3.05, 3.63) is 12.2 Å². The molecule has 0 aliphatic carbocycles. The Morgan fingerprint density at radius 2 is 2.40 bits per heavy atom. The molecule has 3 nitrogen and oxygen atoms in total. The Kier molecular flexibility index (Phi) is 5.30. The first-order valence-corrected chi connectivity index (χ1v) is 5.68. The molecule has 1 fully saturated rings. The van der Waals surface area contributed by atoms with E-state index in [1.54, 1.807) is 6.08 Å². The molecule has 15 heavy (non-hydrogen) atoms. The van der Waals surface area contributed by atoms with Crippen molar-refractivity contribution in [2.75, 3.05) is 19.6 Å². The van der Waals surface area contributed by atoms with Gasteiger partial charge >= 0.3 is 0 Å². The lowest BCUT2D eigenvalue weighted by molar-refractivity contribution is 0.158. The van der Waals surface area contributed by atoms with Crippen LogP contribution >= 0.6 is 0 Å². The van der Waals surface area contributed by atoms with Gasteiger partial charge in [0.2, 0.25) is 6.08 Å². The molecule has 0 saturated carbocycles. The number of hydrogen-bond donors (Lipinski definition) is 0. The minimum absolute atomic E-state index is 0.474. The van der Waals surface area contributed by atoms with E-state index in [0.717, 1.165) is 6.54 Å². The number of piperidine rings is 1. The predicted molar refractivity (Wildman–Crippen MR) is 61.6 cm³/mol. The van der Waals surface area contributed by atoms with Gasteiger partial charge in [0.05, 0.1) is 6.54 Å². The number of rotatable bonds is 4. The molecule has 0 spiro atoms. The molecule has 84 valence electrons. The zero-order chi connectivity index (χ0) is 11.1. The molecule has 0 aromatic heterocycles. The highest BCUT2D eigenvalue weighted by molar-refractivity contribution is 5.33. The van der Waals surface area contributed by atoms with Crippen molar-refractivity contribution in [2.24, 2.45) is 10.9 Å². The number of likely N-dealkylation sites (tertiary alicyclic amines) is 1. The molecule has 1 aliphatic heterocycles. The molecule has 0 N–H and O–H groups in total. The first-order chi connectivity index (χ1) is 7.24. The largest absolute Gasteiger partial charge is 0.300 e. The van der Waals surface area contributed by atoms with E-state index in [0.29, 0.717) is 18.5 Å². The SMILES string of the molecule is CC(C)N1CCCC(/C=C\CN=C=O)C1. The fraction of sp³-hybridized carbons (Fsp3) is 0.750. The van der Waals surface area contributed by atoms with Crippen LogP contribution in [0.4, 0.5) is 0 Å². The molecule has 0 amide bonds. The highest BCUT2D eigenvalue weighted by atomic mass is 16.1. The molecule has 3 heteroatoms. The van der Waals surface area contributed by atoms with E-state index in [4.69, 9.17) is 0 Å². The summed E-state index contributed by atoms with van der Waals surface area (Å²) in [6.45, 7) is 7.31. The Morgan fingerprint density at radius 1 is 1.60 bits per heavy atom. The summed E-state index contributed by atoms with van der Waals surface area (Å²) in [5.41, 5.74) is 0. The van der Waals surface area contributed by atoms with Crippen LogP contribution < -0.4 is 0 Å². The number of nitrogens with zero attached hydrogens (tertiary/aromatic N) is 2. The first kappa shape index (κ1) is 12.2. The average molecular weight is 208 g/mol. The van der Waals surface area contributed by atoms with Crippen LogP contribution in [0.1, 0.15) is 26.7 Å². The smallest absolute Gasteiger partial charge is 0.235 e. The lowest BCUT2D eigenvalue weighted by atomic mass is 9.96. The zero-order valence-corrected chi connectivity index (χ0v) is 9.65. The predicted octanol–water partition coefficient (Wildman–Crippen LogP) is 2.00. The van der Waals surface area contributed by atoms with Crippen LogP contribution in [-0.2, 0) is 4.79 Å². The van der Waals surface area contributed by atoms with Crippen molar-refractivity contribution in [1.82, 2.24) is 4.90 Å². The van der Waals surface area contributed by atoms with Crippen molar-refractivity contribution in [2.45, 2.75) is 32.7 Å². The molecule has 1 unspecified atom stereocenters.